The molecule has 0 aliphatic rings. The molecule has 1 atom stereocenters. The van der Waals surface area contributed by atoms with Crippen LogP contribution in [-0.2, 0) is 0 Å². The first kappa shape index (κ1) is 18.9. The lowest BCUT2D eigenvalue weighted by Gasteiger charge is -2.24. The van der Waals surface area contributed by atoms with Crippen LogP contribution < -0.4 is 9.47 Å². The average Bonchev–Trinajstić information content (AvgIpc) is 3.22. The summed E-state index contributed by atoms with van der Waals surface area (Å²) < 4.78 is 10.4. The SMILES string of the molecule is COc1ccc(-c2nc(C(=O)N(C)C(C)c3ccc(OC)cc3)cs2)cc1. The molecule has 1 unspecified atom stereocenters. The molecule has 0 radical (unpaired) electrons. The second-order valence-electron chi connectivity index (χ2n) is 6.13. The van der Waals surface area contributed by atoms with Gasteiger partial charge in [-0.25, -0.2) is 4.98 Å². The van der Waals surface area contributed by atoms with Crippen LogP contribution in [0.2, 0.25) is 0 Å². The Hall–Kier alpha value is -2.86. The Morgan fingerprint density at radius 3 is 2.11 bits per heavy atom. The number of thiazole rings is 1. The Balaban J connectivity index is 1.75. The van der Waals surface area contributed by atoms with Gasteiger partial charge in [0.1, 0.15) is 22.2 Å². The lowest BCUT2D eigenvalue weighted by Crippen LogP contribution is -2.29. The van der Waals surface area contributed by atoms with E-state index in [4.69, 9.17) is 9.47 Å². The Morgan fingerprint density at radius 2 is 1.56 bits per heavy atom. The molecule has 1 aromatic heterocycles. The van der Waals surface area contributed by atoms with Crippen molar-refractivity contribution in [3.05, 3.63) is 65.2 Å². The number of nitrogens with zero attached hydrogens (tertiary/aromatic N) is 2. The molecule has 0 aliphatic carbocycles. The predicted molar refractivity (Wildman–Crippen MR) is 108 cm³/mol. The number of aromatic nitrogens is 1. The molecule has 0 aliphatic heterocycles. The van der Waals surface area contributed by atoms with Crippen molar-refractivity contribution in [3.63, 3.8) is 0 Å². The molecular weight excluding hydrogens is 360 g/mol. The number of carbonyl (C=O) groups is 1. The smallest absolute Gasteiger partial charge is 0.273 e. The van der Waals surface area contributed by atoms with Gasteiger partial charge in [-0.2, -0.15) is 0 Å². The minimum absolute atomic E-state index is 0.0745. The molecule has 0 bridgehead atoms. The zero-order chi connectivity index (χ0) is 19.4. The Morgan fingerprint density at radius 1 is 1.00 bits per heavy atom. The van der Waals surface area contributed by atoms with E-state index >= 15 is 0 Å². The summed E-state index contributed by atoms with van der Waals surface area (Å²) in [5, 5.41) is 2.62. The Labute approximate surface area is 163 Å². The van der Waals surface area contributed by atoms with Crippen LogP contribution in [0.3, 0.4) is 0 Å². The van der Waals surface area contributed by atoms with Crippen LogP contribution in [0.25, 0.3) is 10.6 Å². The number of carbonyl (C=O) groups excluding carboxylic acids is 1. The third kappa shape index (κ3) is 4.11. The highest BCUT2D eigenvalue weighted by Crippen LogP contribution is 2.28. The van der Waals surface area contributed by atoms with Crippen LogP contribution in [0.15, 0.2) is 53.9 Å². The van der Waals surface area contributed by atoms with E-state index in [0.717, 1.165) is 27.6 Å². The lowest BCUT2D eigenvalue weighted by molar-refractivity contribution is 0.0737. The van der Waals surface area contributed by atoms with Gasteiger partial charge in [-0.1, -0.05) is 12.1 Å². The molecule has 140 valence electrons. The molecule has 0 spiro atoms. The standard InChI is InChI=1S/C21H22N2O3S/c1-14(15-5-9-17(25-3)10-6-15)23(2)21(24)19-13-27-20(22-19)16-7-11-18(26-4)12-8-16/h5-14H,1-4H3. The number of rotatable bonds is 6. The van der Waals surface area contributed by atoms with Crippen molar-refractivity contribution in [2.75, 3.05) is 21.3 Å². The van der Waals surface area contributed by atoms with E-state index in [1.54, 1.807) is 31.5 Å². The summed E-state index contributed by atoms with van der Waals surface area (Å²) in [5.41, 5.74) is 2.46. The van der Waals surface area contributed by atoms with Gasteiger partial charge in [-0.05, 0) is 48.9 Å². The normalized spacial score (nSPS) is 11.7. The molecule has 5 nitrogen and oxygen atoms in total. The second kappa shape index (κ2) is 8.22. The Kier molecular flexibility index (Phi) is 5.76. The third-order valence-corrected chi connectivity index (χ3v) is 5.45. The third-order valence-electron chi connectivity index (χ3n) is 4.56. The average molecular weight is 382 g/mol. The molecule has 3 rings (SSSR count). The van der Waals surface area contributed by atoms with Gasteiger partial charge in [0.25, 0.3) is 5.91 Å². The van der Waals surface area contributed by atoms with E-state index in [-0.39, 0.29) is 11.9 Å². The van der Waals surface area contributed by atoms with Gasteiger partial charge < -0.3 is 14.4 Å². The number of hydrogen-bond acceptors (Lipinski definition) is 5. The summed E-state index contributed by atoms with van der Waals surface area (Å²) in [5.74, 6) is 1.48. The van der Waals surface area contributed by atoms with E-state index in [9.17, 15) is 4.79 Å². The predicted octanol–water partition coefficient (Wildman–Crippen LogP) is 4.66. The topological polar surface area (TPSA) is 51.7 Å². The molecule has 0 saturated heterocycles. The summed E-state index contributed by atoms with van der Waals surface area (Å²) in [7, 11) is 5.06. The maximum absolute atomic E-state index is 12.9. The summed E-state index contributed by atoms with van der Waals surface area (Å²) in [6.45, 7) is 2.00. The molecule has 27 heavy (non-hydrogen) atoms. The van der Waals surface area contributed by atoms with Crippen molar-refractivity contribution in [2.24, 2.45) is 0 Å². The van der Waals surface area contributed by atoms with Crippen molar-refractivity contribution in [1.82, 2.24) is 9.88 Å². The highest BCUT2D eigenvalue weighted by atomic mass is 32.1. The number of methoxy groups -OCH3 is 2. The van der Waals surface area contributed by atoms with Crippen LogP contribution in [-0.4, -0.2) is 37.1 Å². The van der Waals surface area contributed by atoms with Crippen LogP contribution in [0.1, 0.15) is 29.0 Å². The zero-order valence-electron chi connectivity index (χ0n) is 15.8. The minimum atomic E-state index is -0.102. The first-order valence-electron chi connectivity index (χ1n) is 8.54. The molecule has 2 aromatic carbocycles. The second-order valence-corrected chi connectivity index (χ2v) is 6.99. The van der Waals surface area contributed by atoms with E-state index in [2.05, 4.69) is 4.98 Å². The van der Waals surface area contributed by atoms with E-state index < -0.39 is 0 Å². The molecule has 3 aromatic rings. The van der Waals surface area contributed by atoms with Crippen molar-refractivity contribution < 1.29 is 14.3 Å². The van der Waals surface area contributed by atoms with Crippen molar-refractivity contribution >= 4 is 17.2 Å². The van der Waals surface area contributed by atoms with Crippen molar-refractivity contribution in [3.8, 4) is 22.1 Å². The number of hydrogen-bond donors (Lipinski definition) is 0. The van der Waals surface area contributed by atoms with Gasteiger partial charge in [0.2, 0.25) is 0 Å². The summed E-state index contributed by atoms with van der Waals surface area (Å²) in [6.07, 6.45) is 0. The van der Waals surface area contributed by atoms with Crippen molar-refractivity contribution in [2.45, 2.75) is 13.0 Å². The lowest BCUT2D eigenvalue weighted by atomic mass is 10.1. The number of benzene rings is 2. The van der Waals surface area contributed by atoms with Crippen LogP contribution in [0.5, 0.6) is 11.5 Å². The molecule has 0 saturated carbocycles. The van der Waals surface area contributed by atoms with Gasteiger partial charge in [0, 0.05) is 18.0 Å². The molecule has 1 heterocycles. The Bertz CT molecular complexity index is 904. The summed E-state index contributed by atoms with van der Waals surface area (Å²) in [4.78, 5) is 19.1. The van der Waals surface area contributed by atoms with E-state index in [1.807, 2.05) is 55.5 Å². The van der Waals surface area contributed by atoms with Crippen LogP contribution in [0, 0.1) is 0 Å². The van der Waals surface area contributed by atoms with Gasteiger partial charge in [-0.15, -0.1) is 11.3 Å². The first-order chi connectivity index (χ1) is 13.0. The maximum atomic E-state index is 12.9. The fourth-order valence-electron chi connectivity index (χ4n) is 2.70. The summed E-state index contributed by atoms with van der Waals surface area (Å²) in [6, 6.07) is 15.3. The van der Waals surface area contributed by atoms with Crippen molar-refractivity contribution in [1.29, 1.82) is 0 Å². The van der Waals surface area contributed by atoms with Gasteiger partial charge in [0.05, 0.1) is 20.3 Å². The van der Waals surface area contributed by atoms with Crippen LogP contribution >= 0.6 is 11.3 Å². The molecule has 6 heteroatoms. The van der Waals surface area contributed by atoms with Gasteiger partial charge in [-0.3, -0.25) is 4.79 Å². The molecule has 1 amide bonds. The summed E-state index contributed by atoms with van der Waals surface area (Å²) >= 11 is 1.46. The quantitative estimate of drug-likeness (QED) is 0.622. The first-order valence-corrected chi connectivity index (χ1v) is 9.42. The number of amides is 1. The number of ether oxygens (including phenoxy) is 2. The minimum Gasteiger partial charge on any atom is -0.497 e. The largest absolute Gasteiger partial charge is 0.497 e. The van der Waals surface area contributed by atoms with Gasteiger partial charge >= 0.3 is 0 Å². The fourth-order valence-corrected chi connectivity index (χ4v) is 3.50. The highest BCUT2D eigenvalue weighted by molar-refractivity contribution is 7.13. The van der Waals surface area contributed by atoms with Crippen LogP contribution in [0.4, 0.5) is 0 Å². The van der Waals surface area contributed by atoms with E-state index in [1.165, 1.54) is 11.3 Å². The fraction of sp³-hybridized carbons (Fsp3) is 0.238. The molecule has 0 N–H and O–H groups in total. The zero-order valence-corrected chi connectivity index (χ0v) is 16.6. The monoisotopic (exact) mass is 382 g/mol. The highest BCUT2D eigenvalue weighted by Gasteiger charge is 2.21. The molecule has 0 fully saturated rings. The van der Waals surface area contributed by atoms with Gasteiger partial charge in [0.15, 0.2) is 0 Å². The maximum Gasteiger partial charge on any atom is 0.273 e. The molecular formula is C21H22N2O3S. The van der Waals surface area contributed by atoms with E-state index in [0.29, 0.717) is 5.69 Å².